The lowest BCUT2D eigenvalue weighted by Gasteiger charge is -2.14. The number of benzene rings is 1. The van der Waals surface area contributed by atoms with E-state index in [1.165, 1.54) is 0 Å². The second kappa shape index (κ2) is 6.72. The van der Waals surface area contributed by atoms with Gasteiger partial charge in [-0.15, -0.1) is 0 Å². The number of aliphatic hydroxyl groups is 1. The summed E-state index contributed by atoms with van der Waals surface area (Å²) in [5.74, 6) is 0. The highest BCUT2D eigenvalue weighted by atomic mass is 16.5. The van der Waals surface area contributed by atoms with E-state index in [2.05, 4.69) is 10.6 Å². The molecule has 0 aliphatic heterocycles. The van der Waals surface area contributed by atoms with Gasteiger partial charge in [0, 0.05) is 18.8 Å². The molecule has 3 unspecified atom stereocenters. The van der Waals surface area contributed by atoms with Gasteiger partial charge in [0.05, 0.1) is 12.2 Å². The van der Waals surface area contributed by atoms with Gasteiger partial charge in [0.2, 0.25) is 0 Å². The zero-order valence-electron chi connectivity index (χ0n) is 11.9. The minimum atomic E-state index is -0.544. The molecule has 0 heterocycles. The van der Waals surface area contributed by atoms with Crippen LogP contribution in [0, 0.1) is 0 Å². The standard InChI is InChI=1S/C15H22N2O3/c1-10(18)11-4-3-5-12(8-11)16-15(19)17-13-6-7-14(9-13)20-2/h3-5,8,10,13-14,18H,6-7,9H2,1-2H3,(H2,16,17,19). The van der Waals surface area contributed by atoms with E-state index in [0.29, 0.717) is 5.69 Å². The van der Waals surface area contributed by atoms with E-state index in [-0.39, 0.29) is 18.2 Å². The van der Waals surface area contributed by atoms with Gasteiger partial charge in [0.15, 0.2) is 0 Å². The van der Waals surface area contributed by atoms with Gasteiger partial charge in [0.25, 0.3) is 0 Å². The molecule has 110 valence electrons. The van der Waals surface area contributed by atoms with Gasteiger partial charge < -0.3 is 20.5 Å². The number of methoxy groups -OCH3 is 1. The van der Waals surface area contributed by atoms with Crippen LogP contribution in [0.2, 0.25) is 0 Å². The molecule has 1 aromatic rings. The minimum absolute atomic E-state index is 0.167. The first-order chi connectivity index (χ1) is 9.58. The minimum Gasteiger partial charge on any atom is -0.389 e. The summed E-state index contributed by atoms with van der Waals surface area (Å²) < 4.78 is 5.28. The van der Waals surface area contributed by atoms with E-state index in [0.717, 1.165) is 24.8 Å². The number of urea groups is 1. The number of carbonyl (C=O) groups excluding carboxylic acids is 1. The molecule has 5 heteroatoms. The van der Waals surface area contributed by atoms with Crippen molar-refractivity contribution in [3.05, 3.63) is 29.8 Å². The molecule has 1 aromatic carbocycles. The molecular formula is C15H22N2O3. The predicted octanol–water partition coefficient (Wildman–Crippen LogP) is 2.43. The first-order valence-electron chi connectivity index (χ1n) is 6.97. The third kappa shape index (κ3) is 3.95. The number of nitrogens with one attached hydrogen (secondary N) is 2. The molecule has 0 spiro atoms. The van der Waals surface area contributed by atoms with E-state index in [1.807, 2.05) is 12.1 Å². The molecular weight excluding hydrogens is 256 g/mol. The van der Waals surface area contributed by atoms with Crippen LogP contribution in [0.25, 0.3) is 0 Å². The summed E-state index contributed by atoms with van der Waals surface area (Å²) in [5, 5.41) is 15.3. The fourth-order valence-corrected chi connectivity index (χ4v) is 2.51. The largest absolute Gasteiger partial charge is 0.389 e. The Hall–Kier alpha value is -1.59. The van der Waals surface area contributed by atoms with Crippen LogP contribution < -0.4 is 10.6 Å². The molecule has 0 saturated heterocycles. The van der Waals surface area contributed by atoms with E-state index in [4.69, 9.17) is 4.74 Å². The number of amides is 2. The molecule has 5 nitrogen and oxygen atoms in total. The predicted molar refractivity (Wildman–Crippen MR) is 77.7 cm³/mol. The topological polar surface area (TPSA) is 70.6 Å². The van der Waals surface area contributed by atoms with Gasteiger partial charge in [-0.05, 0) is 43.9 Å². The van der Waals surface area contributed by atoms with Gasteiger partial charge in [-0.3, -0.25) is 0 Å². The highest BCUT2D eigenvalue weighted by Gasteiger charge is 2.25. The van der Waals surface area contributed by atoms with Crippen molar-refractivity contribution in [2.45, 2.75) is 44.4 Å². The normalized spacial score (nSPS) is 23.4. The van der Waals surface area contributed by atoms with Crippen LogP contribution in [0.15, 0.2) is 24.3 Å². The maximum atomic E-state index is 11.9. The Morgan fingerprint density at radius 3 is 2.90 bits per heavy atom. The fraction of sp³-hybridized carbons (Fsp3) is 0.533. The number of anilines is 1. The van der Waals surface area contributed by atoms with Crippen molar-refractivity contribution < 1.29 is 14.6 Å². The summed E-state index contributed by atoms with van der Waals surface area (Å²) in [6, 6.07) is 7.17. The van der Waals surface area contributed by atoms with Crippen LogP contribution in [0.5, 0.6) is 0 Å². The second-order valence-corrected chi connectivity index (χ2v) is 5.27. The first kappa shape index (κ1) is 14.8. The molecule has 1 fully saturated rings. The van der Waals surface area contributed by atoms with Crippen LogP contribution >= 0.6 is 0 Å². The fourth-order valence-electron chi connectivity index (χ4n) is 2.51. The molecule has 1 aliphatic carbocycles. The van der Waals surface area contributed by atoms with Crippen LogP contribution in [-0.4, -0.2) is 30.4 Å². The van der Waals surface area contributed by atoms with E-state index in [9.17, 15) is 9.90 Å². The van der Waals surface area contributed by atoms with Crippen molar-refractivity contribution in [2.24, 2.45) is 0 Å². The van der Waals surface area contributed by atoms with Crippen LogP contribution in [-0.2, 0) is 4.74 Å². The Morgan fingerprint density at radius 1 is 1.45 bits per heavy atom. The van der Waals surface area contributed by atoms with Crippen LogP contribution in [0.4, 0.5) is 10.5 Å². The maximum Gasteiger partial charge on any atom is 0.319 e. The quantitative estimate of drug-likeness (QED) is 0.792. The van der Waals surface area contributed by atoms with Gasteiger partial charge in [0.1, 0.15) is 0 Å². The SMILES string of the molecule is COC1CCC(NC(=O)Nc2cccc(C(C)O)c2)C1. The van der Waals surface area contributed by atoms with E-state index < -0.39 is 6.10 Å². The molecule has 0 bridgehead atoms. The number of aliphatic hydroxyl groups excluding tert-OH is 1. The van der Waals surface area contributed by atoms with Crippen molar-refractivity contribution in [3.63, 3.8) is 0 Å². The molecule has 20 heavy (non-hydrogen) atoms. The molecule has 2 amide bonds. The zero-order chi connectivity index (χ0) is 14.5. The lowest BCUT2D eigenvalue weighted by atomic mass is 10.1. The van der Waals surface area contributed by atoms with Crippen molar-refractivity contribution in [1.29, 1.82) is 0 Å². The van der Waals surface area contributed by atoms with Gasteiger partial charge in [-0.25, -0.2) is 4.79 Å². The Kier molecular flexibility index (Phi) is 4.98. The Labute approximate surface area is 119 Å². The first-order valence-corrected chi connectivity index (χ1v) is 6.97. The Morgan fingerprint density at radius 2 is 2.25 bits per heavy atom. The summed E-state index contributed by atoms with van der Waals surface area (Å²) in [7, 11) is 1.70. The maximum absolute atomic E-state index is 11.9. The lowest BCUT2D eigenvalue weighted by Crippen LogP contribution is -2.36. The number of rotatable bonds is 4. The summed E-state index contributed by atoms with van der Waals surface area (Å²) in [5.41, 5.74) is 1.46. The monoisotopic (exact) mass is 278 g/mol. The van der Waals surface area contributed by atoms with E-state index in [1.54, 1.807) is 26.2 Å². The average molecular weight is 278 g/mol. The van der Waals surface area contributed by atoms with Crippen molar-refractivity contribution in [3.8, 4) is 0 Å². The Balaban J connectivity index is 1.87. The molecule has 0 radical (unpaired) electrons. The zero-order valence-corrected chi connectivity index (χ0v) is 11.9. The van der Waals surface area contributed by atoms with Crippen molar-refractivity contribution in [1.82, 2.24) is 5.32 Å². The number of hydrogen-bond acceptors (Lipinski definition) is 3. The lowest BCUT2D eigenvalue weighted by molar-refractivity contribution is 0.107. The third-order valence-corrected chi connectivity index (χ3v) is 3.68. The molecule has 1 aliphatic rings. The number of ether oxygens (including phenoxy) is 1. The average Bonchev–Trinajstić information content (AvgIpc) is 2.86. The van der Waals surface area contributed by atoms with Gasteiger partial charge in [-0.2, -0.15) is 0 Å². The van der Waals surface area contributed by atoms with E-state index >= 15 is 0 Å². The molecule has 3 N–H and O–H groups in total. The van der Waals surface area contributed by atoms with Crippen LogP contribution in [0.3, 0.4) is 0 Å². The summed E-state index contributed by atoms with van der Waals surface area (Å²) in [6.07, 6.45) is 2.49. The third-order valence-electron chi connectivity index (χ3n) is 3.68. The van der Waals surface area contributed by atoms with Gasteiger partial charge >= 0.3 is 6.03 Å². The summed E-state index contributed by atoms with van der Waals surface area (Å²) >= 11 is 0. The summed E-state index contributed by atoms with van der Waals surface area (Å²) in [4.78, 5) is 11.9. The highest BCUT2D eigenvalue weighted by molar-refractivity contribution is 5.89. The smallest absolute Gasteiger partial charge is 0.319 e. The second-order valence-electron chi connectivity index (χ2n) is 5.27. The van der Waals surface area contributed by atoms with Crippen molar-refractivity contribution >= 4 is 11.7 Å². The van der Waals surface area contributed by atoms with Gasteiger partial charge in [-0.1, -0.05) is 12.1 Å². The molecule has 3 atom stereocenters. The highest BCUT2D eigenvalue weighted by Crippen LogP contribution is 2.22. The molecule has 1 saturated carbocycles. The summed E-state index contributed by atoms with van der Waals surface area (Å²) in [6.45, 7) is 1.70. The van der Waals surface area contributed by atoms with Crippen LogP contribution in [0.1, 0.15) is 37.9 Å². The van der Waals surface area contributed by atoms with Crippen molar-refractivity contribution in [2.75, 3.05) is 12.4 Å². The Bertz CT molecular complexity index is 462. The molecule has 2 rings (SSSR count). The number of hydrogen-bond donors (Lipinski definition) is 3. The molecule has 0 aromatic heterocycles. The number of carbonyl (C=O) groups is 1.